The van der Waals surface area contributed by atoms with Crippen LogP contribution in [0.3, 0.4) is 0 Å². The average Bonchev–Trinajstić information content (AvgIpc) is 2.98. The fourth-order valence-corrected chi connectivity index (χ4v) is 4.29. The molecule has 3 amide bonds. The average molecular weight is 479 g/mol. The van der Waals surface area contributed by atoms with Gasteiger partial charge < -0.3 is 14.8 Å². The molecule has 1 fully saturated rings. The zero-order valence-electron chi connectivity index (χ0n) is 19.0. The number of benzene rings is 2. The predicted molar refractivity (Wildman–Crippen MR) is 128 cm³/mol. The number of imide groups is 1. The molecule has 0 radical (unpaired) electrons. The Kier molecular flexibility index (Phi) is 6.07. The highest BCUT2D eigenvalue weighted by Crippen LogP contribution is 2.36. The van der Waals surface area contributed by atoms with Crippen LogP contribution >= 0.6 is 11.6 Å². The van der Waals surface area contributed by atoms with E-state index in [1.165, 1.54) is 17.2 Å². The van der Waals surface area contributed by atoms with Gasteiger partial charge in [0.15, 0.2) is 6.20 Å². The van der Waals surface area contributed by atoms with Crippen LogP contribution in [0.4, 0.5) is 10.5 Å². The number of hydrogen-bond donors (Lipinski definition) is 0. The fourth-order valence-electron chi connectivity index (χ4n) is 4.09. The van der Waals surface area contributed by atoms with E-state index in [1.54, 1.807) is 45.0 Å². The minimum Gasteiger partial charge on any atom is -0.618 e. The molecule has 2 heterocycles. The van der Waals surface area contributed by atoms with E-state index in [-0.39, 0.29) is 16.5 Å². The second-order valence-corrected chi connectivity index (χ2v) is 8.95. The quantitative estimate of drug-likeness (QED) is 0.227. The number of pyridine rings is 1. The molecule has 3 aromatic rings. The number of anilines is 1. The number of halogens is 1. The first kappa shape index (κ1) is 23.3. The number of urea groups is 1. The predicted octanol–water partition coefficient (Wildman–Crippen LogP) is 4.32. The molecular formula is C25H23ClN4O4. The van der Waals surface area contributed by atoms with E-state index >= 15 is 0 Å². The molecule has 8 nitrogen and oxygen atoms in total. The monoisotopic (exact) mass is 478 g/mol. The minimum atomic E-state index is -1.05. The number of carbonyl (C=O) groups is 2. The number of aromatic nitrogens is 1. The van der Waals surface area contributed by atoms with Crippen molar-refractivity contribution in [1.29, 1.82) is 5.26 Å². The first-order chi connectivity index (χ1) is 16.2. The highest BCUT2D eigenvalue weighted by molar-refractivity contribution is 6.33. The SMILES string of the molecule is Cc1c(N2C(=O)N(CCCOc3ccc4ccc[n+]([O-])c4c3)C(C)(C)C2=O)ccc(C#N)c1Cl. The van der Waals surface area contributed by atoms with Crippen LogP contribution in [-0.2, 0) is 4.79 Å². The molecule has 0 unspecified atom stereocenters. The van der Waals surface area contributed by atoms with Crippen LogP contribution in [0.25, 0.3) is 10.9 Å². The maximum Gasteiger partial charge on any atom is 0.332 e. The molecule has 1 aromatic heterocycles. The first-order valence-corrected chi connectivity index (χ1v) is 11.1. The molecule has 1 aliphatic heterocycles. The summed E-state index contributed by atoms with van der Waals surface area (Å²) < 4.78 is 6.58. The standard InChI is InChI=1S/C25H23ClN4O4/c1-16-20(10-8-18(15-27)22(16)26)30-23(31)25(2,3)28(24(30)32)11-5-13-34-19-9-7-17-6-4-12-29(33)21(17)14-19/h4,6-10,12,14H,5,11,13H2,1-3H3. The molecule has 2 aromatic carbocycles. The number of nitrogens with zero attached hydrogens (tertiary/aromatic N) is 4. The lowest BCUT2D eigenvalue weighted by Gasteiger charge is -2.27. The molecule has 1 aliphatic rings. The Hall–Kier alpha value is -3.83. The Morgan fingerprint density at radius 2 is 1.97 bits per heavy atom. The molecule has 0 saturated carbocycles. The van der Waals surface area contributed by atoms with Crippen molar-refractivity contribution in [1.82, 2.24) is 4.90 Å². The summed E-state index contributed by atoms with van der Waals surface area (Å²) in [6.45, 7) is 5.67. The number of amides is 3. The minimum absolute atomic E-state index is 0.222. The largest absolute Gasteiger partial charge is 0.618 e. The van der Waals surface area contributed by atoms with Crippen LogP contribution in [0.1, 0.15) is 31.4 Å². The van der Waals surface area contributed by atoms with Crippen molar-refractivity contribution in [2.75, 3.05) is 18.1 Å². The number of rotatable bonds is 6. The number of carbonyl (C=O) groups excluding carboxylic acids is 2. The Morgan fingerprint density at radius 1 is 1.21 bits per heavy atom. The number of hydrogen-bond acceptors (Lipinski definition) is 5. The smallest absolute Gasteiger partial charge is 0.332 e. The molecule has 0 aliphatic carbocycles. The van der Waals surface area contributed by atoms with Gasteiger partial charge in [0.2, 0.25) is 5.52 Å². The van der Waals surface area contributed by atoms with Gasteiger partial charge in [-0.15, -0.1) is 0 Å². The maximum atomic E-state index is 13.2. The second kappa shape index (κ2) is 8.84. The second-order valence-electron chi connectivity index (χ2n) is 8.57. The van der Waals surface area contributed by atoms with Crippen molar-refractivity contribution in [3.05, 3.63) is 70.0 Å². The number of ether oxygens (including phenoxy) is 1. The third-order valence-electron chi connectivity index (χ3n) is 6.07. The van der Waals surface area contributed by atoms with Gasteiger partial charge in [-0.05, 0) is 63.1 Å². The van der Waals surface area contributed by atoms with Gasteiger partial charge in [-0.3, -0.25) is 4.79 Å². The maximum absolute atomic E-state index is 13.2. The van der Waals surface area contributed by atoms with Crippen LogP contribution in [0.15, 0.2) is 48.7 Å². The summed E-state index contributed by atoms with van der Waals surface area (Å²) in [5, 5.41) is 22.2. The van der Waals surface area contributed by atoms with Gasteiger partial charge in [0.05, 0.1) is 28.9 Å². The zero-order valence-corrected chi connectivity index (χ0v) is 19.8. The highest BCUT2D eigenvalue weighted by Gasteiger charge is 2.51. The molecule has 0 N–H and O–H groups in total. The van der Waals surface area contributed by atoms with Crippen molar-refractivity contribution in [2.45, 2.75) is 32.7 Å². The van der Waals surface area contributed by atoms with E-state index in [9.17, 15) is 20.1 Å². The molecule has 0 spiro atoms. The van der Waals surface area contributed by atoms with E-state index in [0.717, 1.165) is 15.0 Å². The molecule has 0 atom stereocenters. The molecular weight excluding hydrogens is 456 g/mol. The van der Waals surface area contributed by atoms with Crippen molar-refractivity contribution in [2.24, 2.45) is 0 Å². The fraction of sp³-hybridized carbons (Fsp3) is 0.280. The normalized spacial score (nSPS) is 15.1. The van der Waals surface area contributed by atoms with Crippen LogP contribution in [-0.4, -0.2) is 35.5 Å². The van der Waals surface area contributed by atoms with E-state index in [0.29, 0.717) is 42.1 Å². The van der Waals surface area contributed by atoms with Gasteiger partial charge in [0.1, 0.15) is 17.4 Å². The third kappa shape index (κ3) is 3.88. The van der Waals surface area contributed by atoms with Gasteiger partial charge in [0.25, 0.3) is 5.91 Å². The summed E-state index contributed by atoms with van der Waals surface area (Å²) in [7, 11) is 0. The Bertz CT molecular complexity index is 1350. The van der Waals surface area contributed by atoms with Gasteiger partial charge in [-0.1, -0.05) is 11.6 Å². The molecule has 9 heteroatoms. The Labute approximate surface area is 202 Å². The third-order valence-corrected chi connectivity index (χ3v) is 6.56. The van der Waals surface area contributed by atoms with Crippen molar-refractivity contribution < 1.29 is 19.1 Å². The lowest BCUT2D eigenvalue weighted by atomic mass is 10.0. The van der Waals surface area contributed by atoms with Crippen LogP contribution in [0, 0.1) is 23.5 Å². The van der Waals surface area contributed by atoms with Gasteiger partial charge in [0, 0.05) is 18.0 Å². The van der Waals surface area contributed by atoms with E-state index in [1.807, 2.05) is 18.2 Å². The first-order valence-electron chi connectivity index (χ1n) is 10.8. The summed E-state index contributed by atoms with van der Waals surface area (Å²) in [5.74, 6) is 0.188. The van der Waals surface area contributed by atoms with Crippen molar-refractivity contribution >= 4 is 40.1 Å². The zero-order chi connectivity index (χ0) is 24.6. The lowest BCUT2D eigenvalue weighted by Crippen LogP contribution is -2.44. The summed E-state index contributed by atoms with van der Waals surface area (Å²) in [6.07, 6.45) is 1.91. The van der Waals surface area contributed by atoms with Crippen molar-refractivity contribution in [3.8, 4) is 11.8 Å². The Morgan fingerprint density at radius 3 is 2.71 bits per heavy atom. The van der Waals surface area contributed by atoms with Gasteiger partial charge in [-0.2, -0.15) is 9.99 Å². The van der Waals surface area contributed by atoms with Crippen LogP contribution in [0.5, 0.6) is 5.75 Å². The topological polar surface area (TPSA) is 101 Å². The van der Waals surface area contributed by atoms with E-state index in [2.05, 4.69) is 0 Å². The summed E-state index contributed by atoms with van der Waals surface area (Å²) in [6, 6.07) is 13.4. The van der Waals surface area contributed by atoms with E-state index < -0.39 is 11.6 Å². The summed E-state index contributed by atoms with van der Waals surface area (Å²) in [4.78, 5) is 29.0. The molecule has 174 valence electrons. The lowest BCUT2D eigenvalue weighted by molar-refractivity contribution is -0.577. The van der Waals surface area contributed by atoms with Gasteiger partial charge in [-0.25, -0.2) is 9.69 Å². The van der Waals surface area contributed by atoms with Crippen LogP contribution in [0.2, 0.25) is 5.02 Å². The highest BCUT2D eigenvalue weighted by atomic mass is 35.5. The molecule has 0 bridgehead atoms. The van der Waals surface area contributed by atoms with Crippen LogP contribution < -0.4 is 14.4 Å². The van der Waals surface area contributed by atoms with E-state index in [4.69, 9.17) is 16.3 Å². The number of nitriles is 1. The summed E-state index contributed by atoms with van der Waals surface area (Å²) in [5.41, 5.74) is 0.601. The number of fused-ring (bicyclic) bond motifs is 1. The van der Waals surface area contributed by atoms with Crippen molar-refractivity contribution in [3.63, 3.8) is 0 Å². The Balaban J connectivity index is 1.46. The molecule has 1 saturated heterocycles. The van der Waals surface area contributed by atoms with Gasteiger partial charge >= 0.3 is 6.03 Å². The summed E-state index contributed by atoms with van der Waals surface area (Å²) >= 11 is 6.26. The molecule has 34 heavy (non-hydrogen) atoms. The molecule has 4 rings (SSSR count).